The van der Waals surface area contributed by atoms with E-state index in [2.05, 4.69) is 4.72 Å². The molecule has 90 valence electrons. The molecule has 0 spiro atoms. The molecule has 0 aliphatic heterocycles. The maximum atomic E-state index is 11.5. The van der Waals surface area contributed by atoms with Crippen molar-refractivity contribution in [2.24, 2.45) is 0 Å². The first-order valence-electron chi connectivity index (χ1n) is 4.46. The van der Waals surface area contributed by atoms with Crippen LogP contribution in [0, 0.1) is 0 Å². The first-order valence-corrected chi connectivity index (χ1v) is 7.40. The van der Waals surface area contributed by atoms with Gasteiger partial charge in [-0.2, -0.15) is 0 Å². The van der Waals surface area contributed by atoms with Crippen LogP contribution in [0.25, 0.3) is 0 Å². The molecule has 0 saturated heterocycles. The highest BCUT2D eigenvalue weighted by atomic mass is 35.5. The molecule has 0 amide bonds. The Balaban J connectivity index is 2.80. The molecule has 0 atom stereocenters. The second-order valence-corrected chi connectivity index (χ2v) is 6.15. The Kier molecular flexibility index (Phi) is 5.18. The zero-order valence-corrected chi connectivity index (χ0v) is 11.3. The summed E-state index contributed by atoms with van der Waals surface area (Å²) in [6.45, 7) is 0. The molecular formula is C9H10Cl3NO2S. The summed E-state index contributed by atoms with van der Waals surface area (Å²) in [5.41, 5.74) is 0.320. The van der Waals surface area contributed by atoms with E-state index in [0.717, 1.165) is 0 Å². The summed E-state index contributed by atoms with van der Waals surface area (Å²) in [6.07, 6.45) is 0.391. The van der Waals surface area contributed by atoms with Crippen LogP contribution in [0.5, 0.6) is 0 Å². The molecule has 1 aromatic carbocycles. The highest BCUT2D eigenvalue weighted by Crippen LogP contribution is 2.26. The summed E-state index contributed by atoms with van der Waals surface area (Å²) >= 11 is 17.0. The molecule has 7 heteroatoms. The third kappa shape index (κ3) is 4.37. The van der Waals surface area contributed by atoms with Gasteiger partial charge in [-0.3, -0.25) is 4.72 Å². The molecule has 0 heterocycles. The number of alkyl halides is 1. The summed E-state index contributed by atoms with van der Waals surface area (Å²) < 4.78 is 25.4. The number of benzene rings is 1. The first-order chi connectivity index (χ1) is 7.44. The van der Waals surface area contributed by atoms with Crippen LogP contribution in [0.2, 0.25) is 10.0 Å². The molecule has 0 unspecified atom stereocenters. The van der Waals surface area contributed by atoms with Crippen LogP contribution in [0.15, 0.2) is 18.2 Å². The molecule has 0 aromatic heterocycles. The SMILES string of the molecule is O=S(=O)(CCCCl)Nc1ccc(Cl)cc1Cl. The van der Waals surface area contributed by atoms with E-state index < -0.39 is 10.0 Å². The van der Waals surface area contributed by atoms with Gasteiger partial charge < -0.3 is 0 Å². The van der Waals surface area contributed by atoms with Crippen LogP contribution >= 0.6 is 34.8 Å². The predicted octanol–water partition coefficient (Wildman–Crippen LogP) is 3.36. The molecule has 0 radical (unpaired) electrons. The van der Waals surface area contributed by atoms with Crippen molar-refractivity contribution >= 4 is 50.5 Å². The Morgan fingerprint density at radius 3 is 2.50 bits per heavy atom. The summed E-state index contributed by atoms with van der Waals surface area (Å²) in [6, 6.07) is 4.55. The van der Waals surface area contributed by atoms with Gasteiger partial charge in [-0.15, -0.1) is 11.6 Å². The van der Waals surface area contributed by atoms with E-state index in [4.69, 9.17) is 34.8 Å². The first kappa shape index (κ1) is 13.9. The normalized spacial score (nSPS) is 11.4. The Morgan fingerprint density at radius 1 is 1.25 bits per heavy atom. The highest BCUT2D eigenvalue weighted by Gasteiger charge is 2.11. The number of rotatable bonds is 5. The van der Waals surface area contributed by atoms with Crippen molar-refractivity contribution in [1.82, 2.24) is 0 Å². The highest BCUT2D eigenvalue weighted by molar-refractivity contribution is 7.92. The molecule has 0 aliphatic carbocycles. The number of nitrogens with one attached hydrogen (secondary N) is 1. The Bertz CT molecular complexity index is 462. The van der Waals surface area contributed by atoms with Crippen LogP contribution in [0.4, 0.5) is 5.69 Å². The minimum atomic E-state index is -3.39. The molecule has 0 aliphatic rings. The van der Waals surface area contributed by atoms with Crippen LogP contribution in [-0.4, -0.2) is 20.1 Å². The lowest BCUT2D eigenvalue weighted by Crippen LogP contribution is -2.17. The lowest BCUT2D eigenvalue weighted by molar-refractivity contribution is 0.600. The van der Waals surface area contributed by atoms with E-state index in [1.165, 1.54) is 12.1 Å². The van der Waals surface area contributed by atoms with Crippen molar-refractivity contribution in [3.05, 3.63) is 28.2 Å². The summed E-state index contributed by atoms with van der Waals surface area (Å²) in [5, 5.41) is 0.718. The van der Waals surface area contributed by atoms with Gasteiger partial charge in [0.2, 0.25) is 10.0 Å². The van der Waals surface area contributed by atoms with E-state index in [1.54, 1.807) is 6.07 Å². The van der Waals surface area contributed by atoms with Gasteiger partial charge in [-0.25, -0.2) is 8.42 Å². The number of halogens is 3. The molecule has 16 heavy (non-hydrogen) atoms. The second kappa shape index (κ2) is 5.96. The minimum absolute atomic E-state index is 0.0323. The van der Waals surface area contributed by atoms with Crippen LogP contribution in [-0.2, 0) is 10.0 Å². The van der Waals surface area contributed by atoms with Gasteiger partial charge in [0, 0.05) is 10.9 Å². The monoisotopic (exact) mass is 301 g/mol. The van der Waals surface area contributed by atoms with Crippen molar-refractivity contribution in [2.45, 2.75) is 6.42 Å². The van der Waals surface area contributed by atoms with E-state index in [0.29, 0.717) is 23.0 Å². The molecule has 1 N–H and O–H groups in total. The molecule has 1 aromatic rings. The molecular weight excluding hydrogens is 293 g/mol. The largest absolute Gasteiger partial charge is 0.282 e. The number of anilines is 1. The Morgan fingerprint density at radius 2 is 1.94 bits per heavy atom. The fraction of sp³-hybridized carbons (Fsp3) is 0.333. The fourth-order valence-electron chi connectivity index (χ4n) is 1.04. The third-order valence-electron chi connectivity index (χ3n) is 1.74. The van der Waals surface area contributed by atoms with Gasteiger partial charge in [0.1, 0.15) is 0 Å². The van der Waals surface area contributed by atoms with Crippen molar-refractivity contribution < 1.29 is 8.42 Å². The summed E-state index contributed by atoms with van der Waals surface area (Å²) in [4.78, 5) is 0. The van der Waals surface area contributed by atoms with Crippen LogP contribution in [0.1, 0.15) is 6.42 Å². The van der Waals surface area contributed by atoms with E-state index in [9.17, 15) is 8.42 Å². The average Bonchev–Trinajstić information content (AvgIpc) is 2.19. The van der Waals surface area contributed by atoms with Crippen molar-refractivity contribution in [3.8, 4) is 0 Å². The van der Waals surface area contributed by atoms with E-state index in [1.807, 2.05) is 0 Å². The molecule has 0 saturated carbocycles. The predicted molar refractivity (Wildman–Crippen MR) is 69.2 cm³/mol. The zero-order valence-electron chi connectivity index (χ0n) is 8.21. The zero-order chi connectivity index (χ0) is 12.2. The molecule has 1 rings (SSSR count). The summed E-state index contributed by atoms with van der Waals surface area (Å²) in [5.74, 6) is 0.269. The fourth-order valence-corrected chi connectivity index (χ4v) is 2.98. The smallest absolute Gasteiger partial charge is 0.232 e. The van der Waals surface area contributed by atoms with Gasteiger partial charge in [0.15, 0.2) is 0 Å². The number of hydrogen-bond acceptors (Lipinski definition) is 2. The third-order valence-corrected chi connectivity index (χ3v) is 3.92. The average molecular weight is 303 g/mol. The van der Waals surface area contributed by atoms with Crippen LogP contribution in [0.3, 0.4) is 0 Å². The lowest BCUT2D eigenvalue weighted by Gasteiger charge is -2.08. The molecule has 0 fully saturated rings. The van der Waals surface area contributed by atoms with Gasteiger partial charge >= 0.3 is 0 Å². The minimum Gasteiger partial charge on any atom is -0.282 e. The Labute approximate surface area is 110 Å². The van der Waals surface area contributed by atoms with E-state index in [-0.39, 0.29) is 10.8 Å². The Hall–Kier alpha value is -0.160. The van der Waals surface area contributed by atoms with Gasteiger partial charge in [0.05, 0.1) is 16.5 Å². The van der Waals surface area contributed by atoms with Gasteiger partial charge in [-0.1, -0.05) is 23.2 Å². The van der Waals surface area contributed by atoms with Crippen molar-refractivity contribution in [3.63, 3.8) is 0 Å². The standard InChI is InChI=1S/C9H10Cl3NO2S/c10-4-1-5-16(14,15)13-9-3-2-7(11)6-8(9)12/h2-3,6,13H,1,4-5H2. The van der Waals surface area contributed by atoms with E-state index >= 15 is 0 Å². The van der Waals surface area contributed by atoms with Gasteiger partial charge in [-0.05, 0) is 24.6 Å². The quantitative estimate of drug-likeness (QED) is 0.848. The van der Waals surface area contributed by atoms with Crippen molar-refractivity contribution in [2.75, 3.05) is 16.4 Å². The number of hydrogen-bond donors (Lipinski definition) is 1. The lowest BCUT2D eigenvalue weighted by atomic mass is 10.3. The van der Waals surface area contributed by atoms with Crippen LogP contribution < -0.4 is 4.72 Å². The maximum Gasteiger partial charge on any atom is 0.232 e. The van der Waals surface area contributed by atoms with Gasteiger partial charge in [0.25, 0.3) is 0 Å². The maximum absolute atomic E-state index is 11.5. The number of sulfonamides is 1. The molecule has 0 bridgehead atoms. The summed E-state index contributed by atoms with van der Waals surface area (Å²) in [7, 11) is -3.39. The van der Waals surface area contributed by atoms with Crippen molar-refractivity contribution in [1.29, 1.82) is 0 Å². The topological polar surface area (TPSA) is 46.2 Å². The second-order valence-electron chi connectivity index (χ2n) is 3.09. The molecule has 3 nitrogen and oxygen atoms in total.